The minimum absolute atomic E-state index is 0.0387. The molecule has 1 saturated heterocycles. The van der Waals surface area contributed by atoms with Crippen LogP contribution in [0.4, 0.5) is 0 Å². The Morgan fingerprint density at radius 1 is 1.09 bits per heavy atom. The largest absolute Gasteiger partial charge is 0.496 e. The Morgan fingerprint density at radius 3 is 2.30 bits per heavy atom. The SMILES string of the molecule is COc1cc(C)c(S(=O)(=O)NC2CCN(C3CC3)CC2)cc1C. The van der Waals surface area contributed by atoms with Crippen molar-refractivity contribution in [2.75, 3.05) is 20.2 Å². The van der Waals surface area contributed by atoms with Crippen LogP contribution in [0, 0.1) is 13.8 Å². The lowest BCUT2D eigenvalue weighted by molar-refractivity contribution is 0.199. The van der Waals surface area contributed by atoms with Crippen LogP contribution >= 0.6 is 0 Å². The van der Waals surface area contributed by atoms with Crippen molar-refractivity contribution in [3.8, 4) is 5.75 Å². The molecule has 2 fully saturated rings. The first-order valence-electron chi connectivity index (χ1n) is 8.32. The molecule has 1 aliphatic heterocycles. The number of hydrogen-bond acceptors (Lipinski definition) is 4. The van der Waals surface area contributed by atoms with E-state index in [1.807, 2.05) is 13.8 Å². The highest BCUT2D eigenvalue weighted by Gasteiger charge is 2.33. The summed E-state index contributed by atoms with van der Waals surface area (Å²) >= 11 is 0. The maximum Gasteiger partial charge on any atom is 0.241 e. The van der Waals surface area contributed by atoms with Crippen LogP contribution in [-0.4, -0.2) is 45.6 Å². The number of rotatable bonds is 5. The molecule has 1 saturated carbocycles. The van der Waals surface area contributed by atoms with Gasteiger partial charge in [-0.3, -0.25) is 0 Å². The molecule has 1 aromatic rings. The van der Waals surface area contributed by atoms with Gasteiger partial charge < -0.3 is 9.64 Å². The minimum atomic E-state index is -3.48. The van der Waals surface area contributed by atoms with Crippen LogP contribution in [0.15, 0.2) is 17.0 Å². The summed E-state index contributed by atoms with van der Waals surface area (Å²) < 4.78 is 33.6. The van der Waals surface area contributed by atoms with Crippen molar-refractivity contribution in [3.05, 3.63) is 23.3 Å². The molecule has 0 aromatic heterocycles. The van der Waals surface area contributed by atoms with Crippen molar-refractivity contribution >= 4 is 10.0 Å². The molecule has 128 valence electrons. The van der Waals surface area contributed by atoms with Crippen molar-refractivity contribution in [3.63, 3.8) is 0 Å². The number of likely N-dealkylation sites (tertiary alicyclic amines) is 1. The van der Waals surface area contributed by atoms with E-state index in [9.17, 15) is 8.42 Å². The number of nitrogens with zero attached hydrogens (tertiary/aromatic N) is 1. The van der Waals surface area contributed by atoms with Crippen molar-refractivity contribution in [1.82, 2.24) is 9.62 Å². The van der Waals surface area contributed by atoms with E-state index in [-0.39, 0.29) is 6.04 Å². The summed E-state index contributed by atoms with van der Waals surface area (Å²) in [6.45, 7) is 5.68. The monoisotopic (exact) mass is 338 g/mol. The topological polar surface area (TPSA) is 58.6 Å². The maximum absolute atomic E-state index is 12.7. The molecule has 2 aliphatic rings. The van der Waals surface area contributed by atoms with E-state index in [1.54, 1.807) is 19.2 Å². The molecule has 1 aromatic carbocycles. The molecule has 0 radical (unpaired) electrons. The van der Waals surface area contributed by atoms with E-state index in [4.69, 9.17) is 4.74 Å². The summed E-state index contributed by atoms with van der Waals surface area (Å²) in [5.74, 6) is 0.721. The molecule has 1 aliphatic carbocycles. The smallest absolute Gasteiger partial charge is 0.241 e. The molecule has 0 bridgehead atoms. The van der Waals surface area contributed by atoms with Gasteiger partial charge in [-0.2, -0.15) is 0 Å². The average molecular weight is 338 g/mol. The Hall–Kier alpha value is -1.11. The zero-order chi connectivity index (χ0) is 16.6. The second-order valence-corrected chi connectivity index (χ2v) is 8.43. The molecule has 1 heterocycles. The second-order valence-electron chi connectivity index (χ2n) is 6.75. The summed E-state index contributed by atoms with van der Waals surface area (Å²) in [5.41, 5.74) is 1.55. The third-order valence-electron chi connectivity index (χ3n) is 4.90. The van der Waals surface area contributed by atoms with Crippen molar-refractivity contribution in [1.29, 1.82) is 0 Å². The van der Waals surface area contributed by atoms with Gasteiger partial charge in [-0.05, 0) is 75.9 Å². The summed E-state index contributed by atoms with van der Waals surface area (Å²) in [6.07, 6.45) is 4.40. The number of aryl methyl sites for hydroxylation is 2. The van der Waals surface area contributed by atoms with Crippen LogP contribution in [0.2, 0.25) is 0 Å². The number of hydrogen-bond donors (Lipinski definition) is 1. The molecule has 23 heavy (non-hydrogen) atoms. The van der Waals surface area contributed by atoms with E-state index in [0.717, 1.165) is 48.8 Å². The lowest BCUT2D eigenvalue weighted by Crippen LogP contribution is -2.45. The first-order valence-corrected chi connectivity index (χ1v) is 9.80. The number of sulfonamides is 1. The van der Waals surface area contributed by atoms with E-state index < -0.39 is 10.0 Å². The van der Waals surface area contributed by atoms with Gasteiger partial charge in [0.05, 0.1) is 12.0 Å². The van der Waals surface area contributed by atoms with E-state index in [2.05, 4.69) is 9.62 Å². The zero-order valence-corrected chi connectivity index (χ0v) is 14.9. The number of nitrogens with one attached hydrogen (secondary N) is 1. The summed E-state index contributed by atoms with van der Waals surface area (Å²) in [6, 6.07) is 4.30. The molecule has 1 N–H and O–H groups in total. The Labute approximate surface area is 139 Å². The lowest BCUT2D eigenvalue weighted by Gasteiger charge is -2.32. The fourth-order valence-corrected chi connectivity index (χ4v) is 4.99. The number of methoxy groups -OCH3 is 1. The Morgan fingerprint density at radius 2 is 1.74 bits per heavy atom. The van der Waals surface area contributed by atoms with Crippen LogP contribution in [0.25, 0.3) is 0 Å². The molecular formula is C17H26N2O3S. The predicted molar refractivity (Wildman–Crippen MR) is 90.4 cm³/mol. The lowest BCUT2D eigenvalue weighted by atomic mass is 10.1. The van der Waals surface area contributed by atoms with Crippen LogP contribution in [0.1, 0.15) is 36.8 Å². The zero-order valence-electron chi connectivity index (χ0n) is 14.1. The molecule has 0 atom stereocenters. The van der Waals surface area contributed by atoms with Gasteiger partial charge in [0.15, 0.2) is 0 Å². The van der Waals surface area contributed by atoms with Crippen LogP contribution < -0.4 is 9.46 Å². The molecule has 0 amide bonds. The van der Waals surface area contributed by atoms with Gasteiger partial charge in [0.1, 0.15) is 5.75 Å². The number of piperidine rings is 1. The normalized spacial score (nSPS) is 20.7. The van der Waals surface area contributed by atoms with Gasteiger partial charge in [-0.15, -0.1) is 0 Å². The summed E-state index contributed by atoms with van der Waals surface area (Å²) in [4.78, 5) is 2.86. The predicted octanol–water partition coefficient (Wildman–Crippen LogP) is 2.22. The minimum Gasteiger partial charge on any atom is -0.496 e. The molecule has 0 unspecified atom stereocenters. The first kappa shape index (κ1) is 16.7. The van der Waals surface area contributed by atoms with Crippen molar-refractivity contribution in [2.45, 2.75) is 56.5 Å². The molecule has 6 heteroatoms. The van der Waals surface area contributed by atoms with Crippen LogP contribution in [0.5, 0.6) is 5.75 Å². The molecular weight excluding hydrogens is 312 g/mol. The van der Waals surface area contributed by atoms with Gasteiger partial charge >= 0.3 is 0 Å². The molecule has 3 rings (SSSR count). The van der Waals surface area contributed by atoms with E-state index >= 15 is 0 Å². The van der Waals surface area contributed by atoms with Crippen molar-refractivity contribution < 1.29 is 13.2 Å². The highest BCUT2D eigenvalue weighted by molar-refractivity contribution is 7.89. The number of ether oxygens (including phenoxy) is 1. The van der Waals surface area contributed by atoms with E-state index in [0.29, 0.717) is 4.90 Å². The van der Waals surface area contributed by atoms with Crippen LogP contribution in [-0.2, 0) is 10.0 Å². The summed E-state index contributed by atoms with van der Waals surface area (Å²) in [7, 11) is -1.89. The fraction of sp³-hybridized carbons (Fsp3) is 0.647. The third kappa shape index (κ3) is 3.70. The quantitative estimate of drug-likeness (QED) is 0.894. The maximum atomic E-state index is 12.7. The Balaban J connectivity index is 1.70. The van der Waals surface area contributed by atoms with Crippen LogP contribution in [0.3, 0.4) is 0 Å². The van der Waals surface area contributed by atoms with Gasteiger partial charge in [0.25, 0.3) is 0 Å². The van der Waals surface area contributed by atoms with Gasteiger partial charge in [0.2, 0.25) is 10.0 Å². The van der Waals surface area contributed by atoms with Gasteiger partial charge in [-0.25, -0.2) is 13.1 Å². The van der Waals surface area contributed by atoms with Crippen molar-refractivity contribution in [2.24, 2.45) is 0 Å². The van der Waals surface area contributed by atoms with E-state index in [1.165, 1.54) is 12.8 Å². The average Bonchev–Trinajstić information content (AvgIpc) is 3.34. The molecule has 0 spiro atoms. The summed E-state index contributed by atoms with van der Waals surface area (Å²) in [5, 5.41) is 0. The Bertz CT molecular complexity index is 675. The van der Waals surface area contributed by atoms with Gasteiger partial charge in [0, 0.05) is 12.1 Å². The highest BCUT2D eigenvalue weighted by Crippen LogP contribution is 2.30. The first-order chi connectivity index (χ1) is 10.9. The second kappa shape index (κ2) is 6.42. The molecule has 5 nitrogen and oxygen atoms in total. The highest BCUT2D eigenvalue weighted by atomic mass is 32.2. The number of benzene rings is 1. The Kier molecular flexibility index (Phi) is 4.67. The third-order valence-corrected chi connectivity index (χ3v) is 6.56. The fourth-order valence-electron chi connectivity index (χ4n) is 3.38. The standard InChI is InChI=1S/C17H26N2O3S/c1-12-11-17(13(2)10-16(12)22-3)23(20,21)18-14-6-8-19(9-7-14)15-4-5-15/h10-11,14-15,18H,4-9H2,1-3H3. The van der Waals surface area contributed by atoms with Gasteiger partial charge in [-0.1, -0.05) is 0 Å².